The van der Waals surface area contributed by atoms with Crippen molar-refractivity contribution in [3.63, 3.8) is 0 Å². The second-order valence-electron chi connectivity index (χ2n) is 7.21. The van der Waals surface area contributed by atoms with Crippen LogP contribution in [0.25, 0.3) is 0 Å². The molecule has 5 nitrogen and oxygen atoms in total. The minimum Gasteiger partial charge on any atom is -0.383 e. The lowest BCUT2D eigenvalue weighted by Gasteiger charge is -2.24. The topological polar surface area (TPSA) is 46.5 Å². The van der Waals surface area contributed by atoms with Crippen molar-refractivity contribution in [2.24, 2.45) is 0 Å². The van der Waals surface area contributed by atoms with Crippen LogP contribution in [0.5, 0.6) is 0 Å². The average molecular weight is 392 g/mol. The summed E-state index contributed by atoms with van der Waals surface area (Å²) in [5.74, 6) is 0. The van der Waals surface area contributed by atoms with Gasteiger partial charge in [0.25, 0.3) is 0 Å². The van der Waals surface area contributed by atoms with Gasteiger partial charge >= 0.3 is 6.03 Å². The molecule has 29 heavy (non-hydrogen) atoms. The second kappa shape index (κ2) is 9.94. The van der Waals surface area contributed by atoms with Crippen molar-refractivity contribution in [2.75, 3.05) is 25.6 Å². The molecule has 5 heteroatoms. The molecule has 0 fully saturated rings. The highest BCUT2D eigenvalue weighted by Crippen LogP contribution is 2.19. The van der Waals surface area contributed by atoms with E-state index in [0.29, 0.717) is 19.7 Å². The first kappa shape index (κ1) is 20.7. The molecule has 1 N–H and O–H groups in total. The maximum Gasteiger partial charge on any atom is 0.322 e. The summed E-state index contributed by atoms with van der Waals surface area (Å²) < 4.78 is 7.41. The summed E-state index contributed by atoms with van der Waals surface area (Å²) in [6.07, 6.45) is 2.06. The van der Waals surface area contributed by atoms with Crippen LogP contribution in [0, 0.1) is 13.8 Å². The number of anilines is 1. The predicted molar refractivity (Wildman–Crippen MR) is 117 cm³/mol. The summed E-state index contributed by atoms with van der Waals surface area (Å²) in [6, 6.07) is 20.2. The van der Waals surface area contributed by atoms with E-state index in [4.69, 9.17) is 4.74 Å². The van der Waals surface area contributed by atoms with Crippen LogP contribution in [0.4, 0.5) is 10.5 Å². The molecule has 0 saturated heterocycles. The number of ether oxygens (including phenoxy) is 1. The highest BCUT2D eigenvalue weighted by atomic mass is 16.5. The number of benzene rings is 2. The number of nitrogens with zero attached hydrogens (tertiary/aromatic N) is 2. The van der Waals surface area contributed by atoms with Crippen LogP contribution >= 0.6 is 0 Å². The molecular formula is C24H29N3O2. The lowest BCUT2D eigenvalue weighted by molar-refractivity contribution is 0.152. The Morgan fingerprint density at radius 2 is 1.83 bits per heavy atom. The van der Waals surface area contributed by atoms with Crippen molar-refractivity contribution >= 4 is 11.7 Å². The lowest BCUT2D eigenvalue weighted by atomic mass is 10.1. The second-order valence-corrected chi connectivity index (χ2v) is 7.21. The van der Waals surface area contributed by atoms with Crippen molar-refractivity contribution in [3.8, 4) is 0 Å². The van der Waals surface area contributed by atoms with Gasteiger partial charge in [0.1, 0.15) is 0 Å². The fourth-order valence-electron chi connectivity index (χ4n) is 3.26. The van der Waals surface area contributed by atoms with Gasteiger partial charge in [-0.15, -0.1) is 0 Å². The number of amides is 2. The number of carbonyl (C=O) groups excluding carboxylic acids is 1. The van der Waals surface area contributed by atoms with Crippen LogP contribution in [0.15, 0.2) is 66.9 Å². The first-order chi connectivity index (χ1) is 14.1. The SMILES string of the molecule is COCCN(Cc1cccn1Cc1ccccc1)C(=O)Nc1cccc(C)c1C. The van der Waals surface area contributed by atoms with Crippen molar-refractivity contribution in [1.29, 1.82) is 0 Å². The number of rotatable bonds is 8. The highest BCUT2D eigenvalue weighted by Gasteiger charge is 2.17. The molecule has 2 aromatic carbocycles. The summed E-state index contributed by atoms with van der Waals surface area (Å²) in [4.78, 5) is 14.8. The average Bonchev–Trinajstić information content (AvgIpc) is 3.16. The molecule has 1 aromatic heterocycles. The molecule has 0 aliphatic carbocycles. The Kier molecular flexibility index (Phi) is 7.09. The fourth-order valence-corrected chi connectivity index (χ4v) is 3.26. The monoisotopic (exact) mass is 391 g/mol. The molecule has 3 rings (SSSR count). The van der Waals surface area contributed by atoms with E-state index in [1.54, 1.807) is 12.0 Å². The number of aryl methyl sites for hydroxylation is 1. The third-order valence-corrected chi connectivity index (χ3v) is 5.17. The molecule has 0 unspecified atom stereocenters. The van der Waals surface area contributed by atoms with Crippen LogP contribution in [0.1, 0.15) is 22.4 Å². The molecule has 0 saturated carbocycles. The number of carbonyl (C=O) groups is 1. The Labute approximate surface area is 172 Å². The van der Waals surface area contributed by atoms with Crippen molar-refractivity contribution in [2.45, 2.75) is 26.9 Å². The molecule has 0 radical (unpaired) electrons. The van der Waals surface area contributed by atoms with E-state index in [2.05, 4.69) is 34.3 Å². The van der Waals surface area contributed by atoms with E-state index in [9.17, 15) is 4.79 Å². The Morgan fingerprint density at radius 3 is 2.59 bits per heavy atom. The lowest BCUT2D eigenvalue weighted by Crippen LogP contribution is -2.37. The van der Waals surface area contributed by atoms with Gasteiger partial charge in [0.05, 0.1) is 13.2 Å². The zero-order chi connectivity index (χ0) is 20.6. The van der Waals surface area contributed by atoms with Gasteiger partial charge < -0.3 is 19.5 Å². The number of hydrogen-bond acceptors (Lipinski definition) is 2. The van der Waals surface area contributed by atoms with Gasteiger partial charge in [-0.2, -0.15) is 0 Å². The van der Waals surface area contributed by atoms with Crippen LogP contribution < -0.4 is 5.32 Å². The molecule has 0 atom stereocenters. The van der Waals surface area contributed by atoms with Gasteiger partial charge in [0, 0.05) is 37.8 Å². The largest absolute Gasteiger partial charge is 0.383 e. The smallest absolute Gasteiger partial charge is 0.322 e. The van der Waals surface area contributed by atoms with Crippen LogP contribution in [-0.2, 0) is 17.8 Å². The van der Waals surface area contributed by atoms with Crippen LogP contribution in [0.3, 0.4) is 0 Å². The molecule has 152 valence electrons. The normalized spacial score (nSPS) is 10.7. The minimum atomic E-state index is -0.122. The van der Waals surface area contributed by atoms with Gasteiger partial charge in [-0.3, -0.25) is 0 Å². The Morgan fingerprint density at radius 1 is 1.03 bits per heavy atom. The molecule has 0 aliphatic rings. The van der Waals surface area contributed by atoms with Crippen LogP contribution in [0.2, 0.25) is 0 Å². The quantitative estimate of drug-likeness (QED) is 0.598. The molecule has 0 bridgehead atoms. The number of aromatic nitrogens is 1. The predicted octanol–water partition coefficient (Wildman–Crippen LogP) is 4.83. The van der Waals surface area contributed by atoms with Gasteiger partial charge in [-0.05, 0) is 48.7 Å². The third-order valence-electron chi connectivity index (χ3n) is 5.17. The van der Waals surface area contributed by atoms with E-state index < -0.39 is 0 Å². The Hall–Kier alpha value is -3.05. The van der Waals surface area contributed by atoms with E-state index in [-0.39, 0.29) is 6.03 Å². The molecule has 1 heterocycles. The zero-order valence-corrected chi connectivity index (χ0v) is 17.4. The summed E-state index contributed by atoms with van der Waals surface area (Å²) in [5, 5.41) is 3.06. The summed E-state index contributed by atoms with van der Waals surface area (Å²) >= 11 is 0. The van der Waals surface area contributed by atoms with Crippen LogP contribution in [-0.4, -0.2) is 35.8 Å². The van der Waals surface area contributed by atoms with E-state index in [1.165, 1.54) is 5.56 Å². The van der Waals surface area contributed by atoms with E-state index in [1.807, 2.05) is 56.3 Å². The molecule has 0 aliphatic heterocycles. The Bertz CT molecular complexity index is 934. The first-order valence-electron chi connectivity index (χ1n) is 9.87. The molecule has 3 aromatic rings. The molecular weight excluding hydrogens is 362 g/mol. The first-order valence-corrected chi connectivity index (χ1v) is 9.87. The number of methoxy groups -OCH3 is 1. The van der Waals surface area contributed by atoms with E-state index in [0.717, 1.165) is 29.1 Å². The molecule has 0 spiro atoms. The third kappa shape index (κ3) is 5.48. The molecule has 2 amide bonds. The Balaban J connectivity index is 1.75. The van der Waals surface area contributed by atoms with Crippen molar-refractivity contribution in [1.82, 2.24) is 9.47 Å². The number of urea groups is 1. The number of hydrogen-bond donors (Lipinski definition) is 1. The van der Waals surface area contributed by atoms with Crippen molar-refractivity contribution < 1.29 is 9.53 Å². The standard InChI is InChI=1S/C24H29N3O2/c1-19-9-7-13-23(20(19)2)25-24(28)27(15-16-29-3)18-22-12-8-14-26(22)17-21-10-5-4-6-11-21/h4-14H,15-18H2,1-3H3,(H,25,28). The summed E-state index contributed by atoms with van der Waals surface area (Å²) in [6.45, 7) is 6.36. The minimum absolute atomic E-state index is 0.122. The van der Waals surface area contributed by atoms with Gasteiger partial charge in [-0.1, -0.05) is 42.5 Å². The van der Waals surface area contributed by atoms with E-state index >= 15 is 0 Å². The van der Waals surface area contributed by atoms with Crippen molar-refractivity contribution in [3.05, 3.63) is 89.2 Å². The fraction of sp³-hybridized carbons (Fsp3) is 0.292. The summed E-state index contributed by atoms with van der Waals surface area (Å²) in [7, 11) is 1.65. The highest BCUT2D eigenvalue weighted by molar-refractivity contribution is 5.90. The maximum absolute atomic E-state index is 13.0. The number of nitrogens with one attached hydrogen (secondary N) is 1. The maximum atomic E-state index is 13.0. The summed E-state index contributed by atoms with van der Waals surface area (Å²) in [5.41, 5.74) is 5.40. The van der Waals surface area contributed by atoms with Gasteiger partial charge in [-0.25, -0.2) is 4.79 Å². The van der Waals surface area contributed by atoms with Gasteiger partial charge in [0.2, 0.25) is 0 Å². The van der Waals surface area contributed by atoms with Gasteiger partial charge in [0.15, 0.2) is 0 Å². The zero-order valence-electron chi connectivity index (χ0n) is 17.4.